The maximum atomic E-state index is 12.2. The molecule has 3 rings (SSSR count). The van der Waals surface area contributed by atoms with Crippen LogP contribution in [0.2, 0.25) is 0 Å². The zero-order valence-electron chi connectivity index (χ0n) is 13.1. The van der Waals surface area contributed by atoms with E-state index in [4.69, 9.17) is 0 Å². The number of fused-ring (bicyclic) bond motifs is 1. The van der Waals surface area contributed by atoms with Crippen LogP contribution in [0.5, 0.6) is 0 Å². The molecule has 2 N–H and O–H groups in total. The minimum absolute atomic E-state index is 0.0189. The number of hydrazine groups is 1. The second-order valence-corrected chi connectivity index (χ2v) is 6.89. The molecule has 1 aromatic heterocycles. The number of nitro groups is 1. The number of rotatable bonds is 5. The van der Waals surface area contributed by atoms with Crippen LogP contribution in [0.1, 0.15) is 10.5 Å². The summed E-state index contributed by atoms with van der Waals surface area (Å²) < 4.78 is 24.4. The van der Waals surface area contributed by atoms with Crippen LogP contribution in [0.25, 0.3) is 10.9 Å². The summed E-state index contributed by atoms with van der Waals surface area (Å²) in [6.45, 7) is 0. The van der Waals surface area contributed by atoms with Crippen LogP contribution in [0.4, 0.5) is 5.69 Å². The zero-order chi connectivity index (χ0) is 18.7. The topological polar surface area (TPSA) is 131 Å². The van der Waals surface area contributed by atoms with Crippen LogP contribution in [0.15, 0.2) is 65.6 Å². The summed E-state index contributed by atoms with van der Waals surface area (Å²) in [7, 11) is -4.18. The largest absolute Gasteiger partial charge is 0.284 e. The molecule has 0 atom stereocenters. The minimum Gasteiger partial charge on any atom is -0.272 e. The van der Waals surface area contributed by atoms with Gasteiger partial charge in [0.25, 0.3) is 21.6 Å². The lowest BCUT2D eigenvalue weighted by Gasteiger charge is -2.08. The number of amides is 1. The number of carbonyl (C=O) groups excluding carboxylic acids is 1. The number of hydrogen-bond donors (Lipinski definition) is 2. The lowest BCUT2D eigenvalue weighted by molar-refractivity contribution is -0.385. The van der Waals surface area contributed by atoms with Crippen molar-refractivity contribution in [3.63, 3.8) is 0 Å². The summed E-state index contributed by atoms with van der Waals surface area (Å²) in [6, 6.07) is 14.8. The van der Waals surface area contributed by atoms with Crippen LogP contribution >= 0.6 is 0 Å². The third-order valence-corrected chi connectivity index (χ3v) is 4.71. The molecule has 0 bridgehead atoms. The van der Waals surface area contributed by atoms with Crippen molar-refractivity contribution in [3.8, 4) is 0 Å². The first-order valence-corrected chi connectivity index (χ1v) is 8.77. The fourth-order valence-electron chi connectivity index (χ4n) is 2.19. The van der Waals surface area contributed by atoms with Gasteiger partial charge in [-0.2, -0.15) is 0 Å². The van der Waals surface area contributed by atoms with E-state index >= 15 is 0 Å². The average molecular weight is 372 g/mol. The van der Waals surface area contributed by atoms with E-state index in [1.54, 1.807) is 18.2 Å². The summed E-state index contributed by atoms with van der Waals surface area (Å²) >= 11 is 0. The summed E-state index contributed by atoms with van der Waals surface area (Å²) in [5, 5.41) is 11.6. The smallest absolute Gasteiger partial charge is 0.272 e. The Morgan fingerprint density at radius 1 is 1.04 bits per heavy atom. The number of nitro benzene ring substituents is 1. The first-order chi connectivity index (χ1) is 12.4. The van der Waals surface area contributed by atoms with Gasteiger partial charge in [-0.1, -0.05) is 30.3 Å². The SMILES string of the molecule is O=C(NNS(=O)(=O)c1cccc([N+](=O)[O-])c1)c1ccc2ccccc2n1. The van der Waals surface area contributed by atoms with Crippen LogP contribution in [-0.4, -0.2) is 24.2 Å². The lowest BCUT2D eigenvalue weighted by atomic mass is 10.2. The van der Waals surface area contributed by atoms with Gasteiger partial charge in [0, 0.05) is 17.5 Å². The highest BCUT2D eigenvalue weighted by atomic mass is 32.2. The summed E-state index contributed by atoms with van der Waals surface area (Å²) in [5.74, 6) is -0.759. The second-order valence-electron chi connectivity index (χ2n) is 5.20. The number of para-hydroxylation sites is 1. The molecule has 132 valence electrons. The van der Waals surface area contributed by atoms with E-state index in [0.717, 1.165) is 17.5 Å². The molecule has 0 fully saturated rings. The van der Waals surface area contributed by atoms with Gasteiger partial charge in [0.2, 0.25) is 0 Å². The molecule has 0 radical (unpaired) electrons. The van der Waals surface area contributed by atoms with Crippen LogP contribution < -0.4 is 10.3 Å². The molecule has 0 spiro atoms. The molecule has 0 saturated carbocycles. The van der Waals surface area contributed by atoms with Gasteiger partial charge in [0.05, 0.1) is 15.3 Å². The second kappa shape index (κ2) is 6.86. The van der Waals surface area contributed by atoms with E-state index in [9.17, 15) is 23.3 Å². The first kappa shape index (κ1) is 17.5. The number of aromatic nitrogens is 1. The number of hydrogen-bond acceptors (Lipinski definition) is 6. The lowest BCUT2D eigenvalue weighted by Crippen LogP contribution is -2.41. The third-order valence-electron chi connectivity index (χ3n) is 3.47. The van der Waals surface area contributed by atoms with E-state index in [1.165, 1.54) is 18.2 Å². The Balaban J connectivity index is 1.77. The van der Waals surface area contributed by atoms with Crippen molar-refractivity contribution in [1.82, 2.24) is 15.2 Å². The Morgan fingerprint density at radius 2 is 1.81 bits per heavy atom. The molecule has 0 aliphatic heterocycles. The number of pyridine rings is 1. The fraction of sp³-hybridized carbons (Fsp3) is 0. The number of carbonyl (C=O) groups is 1. The third kappa shape index (κ3) is 3.66. The van der Waals surface area contributed by atoms with Gasteiger partial charge in [-0.15, -0.1) is 4.83 Å². The standard InChI is InChI=1S/C16H12N4O5S/c21-16(15-9-8-11-4-1-2-7-14(11)17-15)18-19-26(24,25)13-6-3-5-12(10-13)20(22)23/h1-10,19H,(H,18,21). The van der Waals surface area contributed by atoms with Crippen LogP contribution in [-0.2, 0) is 10.0 Å². The summed E-state index contributed by atoms with van der Waals surface area (Å²) in [5.41, 5.74) is 2.27. The molecule has 0 unspecified atom stereocenters. The molecule has 3 aromatic rings. The molecule has 0 saturated heterocycles. The van der Waals surface area contributed by atoms with E-state index < -0.39 is 20.9 Å². The monoisotopic (exact) mass is 372 g/mol. The van der Waals surface area contributed by atoms with E-state index in [0.29, 0.717) is 5.52 Å². The highest BCUT2D eigenvalue weighted by Gasteiger charge is 2.19. The van der Waals surface area contributed by atoms with Gasteiger partial charge in [-0.05, 0) is 18.2 Å². The van der Waals surface area contributed by atoms with Crippen molar-refractivity contribution >= 4 is 32.5 Å². The van der Waals surface area contributed by atoms with Gasteiger partial charge >= 0.3 is 0 Å². The van der Waals surface area contributed by atoms with E-state index in [-0.39, 0.29) is 16.3 Å². The molecular weight excluding hydrogens is 360 g/mol. The van der Waals surface area contributed by atoms with Crippen molar-refractivity contribution in [3.05, 3.63) is 76.5 Å². The van der Waals surface area contributed by atoms with Crippen molar-refractivity contribution in [2.45, 2.75) is 4.90 Å². The fourth-order valence-corrected chi connectivity index (χ4v) is 3.07. The maximum absolute atomic E-state index is 12.2. The predicted molar refractivity (Wildman–Crippen MR) is 92.6 cm³/mol. The summed E-state index contributed by atoms with van der Waals surface area (Å²) in [4.78, 5) is 27.9. The molecule has 2 aromatic carbocycles. The van der Waals surface area contributed by atoms with Crippen molar-refractivity contribution in [2.75, 3.05) is 0 Å². The highest BCUT2D eigenvalue weighted by Crippen LogP contribution is 2.17. The molecule has 9 nitrogen and oxygen atoms in total. The Bertz CT molecular complexity index is 1110. The average Bonchev–Trinajstić information content (AvgIpc) is 2.66. The quantitative estimate of drug-likeness (QED) is 0.518. The number of nitrogens with zero attached hydrogens (tertiary/aromatic N) is 2. The van der Waals surface area contributed by atoms with Crippen LogP contribution in [0.3, 0.4) is 0 Å². The Kier molecular flexibility index (Phi) is 4.61. The summed E-state index contributed by atoms with van der Waals surface area (Å²) in [6.07, 6.45) is 0. The van der Waals surface area contributed by atoms with Gasteiger partial charge in [-0.25, -0.2) is 13.4 Å². The predicted octanol–water partition coefficient (Wildman–Crippen LogP) is 1.77. The van der Waals surface area contributed by atoms with Gasteiger partial charge in [0.15, 0.2) is 0 Å². The molecule has 1 amide bonds. The molecular formula is C16H12N4O5S. The number of non-ortho nitro benzene ring substituents is 1. The number of sulfonamides is 1. The van der Waals surface area contributed by atoms with E-state index in [1.807, 2.05) is 22.4 Å². The molecule has 26 heavy (non-hydrogen) atoms. The number of benzene rings is 2. The Hall–Kier alpha value is -3.37. The zero-order valence-corrected chi connectivity index (χ0v) is 13.9. The van der Waals surface area contributed by atoms with Gasteiger partial charge < -0.3 is 0 Å². The van der Waals surface area contributed by atoms with Gasteiger partial charge in [-0.3, -0.25) is 20.3 Å². The maximum Gasteiger partial charge on any atom is 0.284 e. The van der Waals surface area contributed by atoms with Crippen LogP contribution in [0, 0.1) is 10.1 Å². The Labute approximate surface area is 147 Å². The highest BCUT2D eigenvalue weighted by molar-refractivity contribution is 7.89. The number of nitrogens with one attached hydrogen (secondary N) is 2. The van der Waals surface area contributed by atoms with Crippen molar-refractivity contribution in [2.24, 2.45) is 0 Å². The van der Waals surface area contributed by atoms with E-state index in [2.05, 4.69) is 4.98 Å². The molecule has 0 aliphatic carbocycles. The first-order valence-electron chi connectivity index (χ1n) is 7.29. The molecule has 1 heterocycles. The van der Waals surface area contributed by atoms with Crippen molar-refractivity contribution < 1.29 is 18.1 Å². The Morgan fingerprint density at radius 3 is 2.58 bits per heavy atom. The molecule has 0 aliphatic rings. The molecule has 10 heteroatoms. The van der Waals surface area contributed by atoms with Gasteiger partial charge in [0.1, 0.15) is 5.69 Å². The van der Waals surface area contributed by atoms with Crippen molar-refractivity contribution in [1.29, 1.82) is 0 Å². The normalized spacial score (nSPS) is 11.2. The minimum atomic E-state index is -4.18.